The Bertz CT molecular complexity index is 733. The van der Waals surface area contributed by atoms with Gasteiger partial charge in [-0.25, -0.2) is 4.98 Å². The second kappa shape index (κ2) is 5.76. The molecular formula is C13H11ClN4O3. The van der Waals surface area contributed by atoms with Crippen LogP contribution in [-0.4, -0.2) is 15.8 Å². The third-order valence-corrected chi connectivity index (χ3v) is 3.04. The number of nitrogens with zero attached hydrogens (tertiary/aromatic N) is 2. The highest BCUT2D eigenvalue weighted by Gasteiger charge is 2.19. The molecule has 108 valence electrons. The van der Waals surface area contributed by atoms with E-state index in [-0.39, 0.29) is 16.3 Å². The molecule has 0 saturated heterocycles. The van der Waals surface area contributed by atoms with Crippen LogP contribution in [0, 0.1) is 17.0 Å². The first-order valence-corrected chi connectivity index (χ1v) is 6.23. The van der Waals surface area contributed by atoms with Gasteiger partial charge >= 0.3 is 0 Å². The smallest absolute Gasteiger partial charge is 0.294 e. The number of nitro groups is 1. The highest BCUT2D eigenvalue weighted by molar-refractivity contribution is 6.34. The maximum absolute atomic E-state index is 12.1. The van der Waals surface area contributed by atoms with Crippen molar-refractivity contribution in [3.05, 3.63) is 56.7 Å². The van der Waals surface area contributed by atoms with Gasteiger partial charge in [-0.15, -0.1) is 0 Å². The second-order valence-corrected chi connectivity index (χ2v) is 4.73. The molecule has 0 unspecified atom stereocenters. The minimum absolute atomic E-state index is 0.0317. The number of amides is 1. The fraction of sp³-hybridized carbons (Fsp3) is 0.0769. The van der Waals surface area contributed by atoms with Gasteiger partial charge < -0.3 is 11.1 Å². The van der Waals surface area contributed by atoms with E-state index in [2.05, 4.69) is 10.3 Å². The fourth-order valence-electron chi connectivity index (χ4n) is 1.68. The highest BCUT2D eigenvalue weighted by atomic mass is 35.5. The topological polar surface area (TPSA) is 111 Å². The van der Waals surface area contributed by atoms with E-state index in [4.69, 9.17) is 17.3 Å². The number of carbonyl (C=O) groups is 1. The standard InChI is InChI=1S/C13H11ClN4O3/c1-7-2-3-16-11(4-7)17-13(19)8-5-9(14)12(15)10(6-8)18(20)21/h2-6H,15H2,1H3,(H,16,17,19). The molecule has 0 aliphatic carbocycles. The summed E-state index contributed by atoms with van der Waals surface area (Å²) in [7, 11) is 0. The van der Waals surface area contributed by atoms with Crippen molar-refractivity contribution in [1.29, 1.82) is 0 Å². The van der Waals surface area contributed by atoms with Crippen LogP contribution < -0.4 is 11.1 Å². The van der Waals surface area contributed by atoms with E-state index in [0.717, 1.165) is 11.6 Å². The molecule has 0 spiro atoms. The van der Waals surface area contributed by atoms with Gasteiger partial charge in [0.1, 0.15) is 11.5 Å². The summed E-state index contributed by atoms with van der Waals surface area (Å²) in [5.41, 5.74) is 5.87. The Hall–Kier alpha value is -2.67. The van der Waals surface area contributed by atoms with E-state index >= 15 is 0 Å². The molecule has 3 N–H and O–H groups in total. The molecule has 8 heteroatoms. The Morgan fingerprint density at radius 2 is 2.14 bits per heavy atom. The van der Waals surface area contributed by atoms with Crippen molar-refractivity contribution in [3.8, 4) is 0 Å². The maximum atomic E-state index is 12.1. The molecule has 0 atom stereocenters. The van der Waals surface area contributed by atoms with Gasteiger partial charge in [-0.1, -0.05) is 11.6 Å². The van der Waals surface area contributed by atoms with Gasteiger partial charge in [-0.05, 0) is 30.7 Å². The lowest BCUT2D eigenvalue weighted by atomic mass is 10.1. The third-order valence-electron chi connectivity index (χ3n) is 2.72. The van der Waals surface area contributed by atoms with E-state index in [1.165, 1.54) is 6.07 Å². The molecule has 2 aromatic rings. The number of anilines is 2. The highest BCUT2D eigenvalue weighted by Crippen LogP contribution is 2.31. The first-order valence-electron chi connectivity index (χ1n) is 5.86. The lowest BCUT2D eigenvalue weighted by molar-refractivity contribution is -0.383. The van der Waals surface area contributed by atoms with E-state index in [0.29, 0.717) is 5.82 Å². The number of aryl methyl sites for hydroxylation is 1. The predicted octanol–water partition coefficient (Wildman–Crippen LogP) is 2.79. The van der Waals surface area contributed by atoms with E-state index in [9.17, 15) is 14.9 Å². The van der Waals surface area contributed by atoms with Crippen LogP contribution in [0.3, 0.4) is 0 Å². The SMILES string of the molecule is Cc1ccnc(NC(=O)c2cc(Cl)c(N)c([N+](=O)[O-])c2)c1. The number of hydrogen-bond acceptors (Lipinski definition) is 5. The van der Waals surface area contributed by atoms with E-state index in [1.54, 1.807) is 18.3 Å². The summed E-state index contributed by atoms with van der Waals surface area (Å²) >= 11 is 5.81. The van der Waals surface area contributed by atoms with Crippen LogP contribution in [0.4, 0.5) is 17.2 Å². The van der Waals surface area contributed by atoms with Crippen molar-refractivity contribution in [2.45, 2.75) is 6.92 Å². The number of carbonyl (C=O) groups excluding carboxylic acids is 1. The van der Waals surface area contributed by atoms with Crippen LogP contribution in [-0.2, 0) is 0 Å². The zero-order chi connectivity index (χ0) is 15.6. The number of halogens is 1. The number of benzene rings is 1. The fourth-order valence-corrected chi connectivity index (χ4v) is 1.89. The molecule has 0 saturated carbocycles. The van der Waals surface area contributed by atoms with Gasteiger partial charge in [0.05, 0.1) is 9.95 Å². The summed E-state index contributed by atoms with van der Waals surface area (Å²) < 4.78 is 0. The largest absolute Gasteiger partial charge is 0.392 e. The minimum atomic E-state index is -0.692. The van der Waals surface area contributed by atoms with Gasteiger partial charge in [-0.3, -0.25) is 14.9 Å². The van der Waals surface area contributed by atoms with Gasteiger partial charge in [0.25, 0.3) is 11.6 Å². The Labute approximate surface area is 124 Å². The summed E-state index contributed by atoms with van der Waals surface area (Å²) in [6.45, 7) is 1.85. The summed E-state index contributed by atoms with van der Waals surface area (Å²) in [6.07, 6.45) is 1.54. The maximum Gasteiger partial charge on any atom is 0.294 e. The van der Waals surface area contributed by atoms with Crippen LogP contribution in [0.2, 0.25) is 5.02 Å². The quantitative estimate of drug-likeness (QED) is 0.514. The Kier molecular flexibility index (Phi) is 4.04. The normalized spacial score (nSPS) is 10.2. The van der Waals surface area contributed by atoms with Crippen LogP contribution >= 0.6 is 11.6 Å². The predicted molar refractivity (Wildman–Crippen MR) is 79.4 cm³/mol. The van der Waals surface area contributed by atoms with Gasteiger partial charge in [-0.2, -0.15) is 0 Å². The van der Waals surface area contributed by atoms with Crippen LogP contribution in [0.5, 0.6) is 0 Å². The number of nitro benzene ring substituents is 1. The molecule has 0 fully saturated rings. The number of hydrogen-bond donors (Lipinski definition) is 2. The van der Waals surface area contributed by atoms with Gasteiger partial charge in [0, 0.05) is 17.8 Å². The van der Waals surface area contributed by atoms with Gasteiger partial charge in [0.15, 0.2) is 0 Å². The van der Waals surface area contributed by atoms with Crippen molar-refractivity contribution >= 4 is 34.7 Å². The summed E-state index contributed by atoms with van der Waals surface area (Å²) in [4.78, 5) is 26.3. The Morgan fingerprint density at radius 1 is 1.43 bits per heavy atom. The van der Waals surface area contributed by atoms with Crippen molar-refractivity contribution in [1.82, 2.24) is 4.98 Å². The molecule has 0 aliphatic heterocycles. The zero-order valence-corrected chi connectivity index (χ0v) is 11.7. The summed E-state index contributed by atoms with van der Waals surface area (Å²) in [5.74, 6) is -0.214. The Balaban J connectivity index is 2.33. The first-order chi connectivity index (χ1) is 9.88. The molecule has 7 nitrogen and oxygen atoms in total. The van der Waals surface area contributed by atoms with Gasteiger partial charge in [0.2, 0.25) is 0 Å². The zero-order valence-electron chi connectivity index (χ0n) is 11.0. The lowest BCUT2D eigenvalue weighted by Gasteiger charge is -2.07. The van der Waals surface area contributed by atoms with Crippen molar-refractivity contribution in [2.75, 3.05) is 11.1 Å². The molecule has 0 aliphatic rings. The number of nitrogens with one attached hydrogen (secondary N) is 1. The Morgan fingerprint density at radius 3 is 2.76 bits per heavy atom. The summed E-state index contributed by atoms with van der Waals surface area (Å²) in [5, 5.41) is 13.4. The molecule has 0 radical (unpaired) electrons. The monoisotopic (exact) mass is 306 g/mol. The van der Waals surface area contributed by atoms with Crippen LogP contribution in [0.25, 0.3) is 0 Å². The number of rotatable bonds is 3. The summed E-state index contributed by atoms with van der Waals surface area (Å²) in [6, 6.07) is 5.80. The van der Waals surface area contributed by atoms with Crippen molar-refractivity contribution < 1.29 is 9.72 Å². The average molecular weight is 307 g/mol. The average Bonchev–Trinajstić information content (AvgIpc) is 2.41. The molecule has 2 rings (SSSR count). The number of nitrogens with two attached hydrogens (primary N) is 1. The molecule has 1 heterocycles. The molecule has 1 aromatic heterocycles. The molecular weight excluding hydrogens is 296 g/mol. The van der Waals surface area contributed by atoms with Crippen molar-refractivity contribution in [2.24, 2.45) is 0 Å². The molecule has 0 bridgehead atoms. The third kappa shape index (κ3) is 3.26. The number of pyridine rings is 1. The second-order valence-electron chi connectivity index (χ2n) is 4.32. The van der Waals surface area contributed by atoms with Crippen molar-refractivity contribution in [3.63, 3.8) is 0 Å². The first kappa shape index (κ1) is 14.7. The lowest BCUT2D eigenvalue weighted by Crippen LogP contribution is -2.14. The number of aromatic nitrogens is 1. The van der Waals surface area contributed by atoms with E-state index in [1.807, 2.05) is 6.92 Å². The molecule has 1 amide bonds. The minimum Gasteiger partial charge on any atom is -0.392 e. The van der Waals surface area contributed by atoms with Crippen LogP contribution in [0.15, 0.2) is 30.5 Å². The molecule has 1 aromatic carbocycles. The number of nitrogen functional groups attached to an aromatic ring is 1. The van der Waals surface area contributed by atoms with E-state index < -0.39 is 16.5 Å². The molecule has 21 heavy (non-hydrogen) atoms. The van der Waals surface area contributed by atoms with Crippen LogP contribution in [0.1, 0.15) is 15.9 Å².